The van der Waals surface area contributed by atoms with Crippen molar-refractivity contribution < 1.29 is 17.6 Å². The van der Waals surface area contributed by atoms with Crippen molar-refractivity contribution in [3.63, 3.8) is 0 Å². The van der Waals surface area contributed by atoms with Crippen LogP contribution in [0.15, 0.2) is 22.4 Å². The highest BCUT2D eigenvalue weighted by Gasteiger charge is 2.45. The molecule has 5 heteroatoms. The predicted molar refractivity (Wildman–Crippen MR) is 44.7 cm³/mol. The van der Waals surface area contributed by atoms with E-state index in [2.05, 4.69) is 19.6 Å². The first-order chi connectivity index (χ1) is 5.80. The van der Waals surface area contributed by atoms with Gasteiger partial charge >= 0.3 is 0 Å². The third-order valence-corrected chi connectivity index (χ3v) is 2.41. The first-order valence-electron chi connectivity index (χ1n) is 3.47. The van der Waals surface area contributed by atoms with Gasteiger partial charge in [-0.2, -0.15) is 0 Å². The van der Waals surface area contributed by atoms with Gasteiger partial charge in [-0.1, -0.05) is 0 Å². The van der Waals surface area contributed by atoms with E-state index in [1.807, 2.05) is 0 Å². The zero-order valence-electron chi connectivity index (χ0n) is 6.74. The average molecular weight is 211 g/mol. The highest BCUT2D eigenvalue weighted by Crippen LogP contribution is 2.46. The van der Waals surface area contributed by atoms with E-state index in [4.69, 9.17) is 0 Å². The van der Waals surface area contributed by atoms with Crippen LogP contribution in [0.3, 0.4) is 0 Å². The van der Waals surface area contributed by atoms with E-state index < -0.39 is 34.0 Å². The summed E-state index contributed by atoms with van der Waals surface area (Å²) in [4.78, 5) is -0.928. The van der Waals surface area contributed by atoms with E-state index in [1.165, 1.54) is 0 Å². The first kappa shape index (κ1) is 10.6. The van der Waals surface area contributed by atoms with E-state index in [9.17, 15) is 17.6 Å². The van der Waals surface area contributed by atoms with E-state index in [0.29, 0.717) is 0 Å². The van der Waals surface area contributed by atoms with Crippen molar-refractivity contribution in [3.8, 4) is 0 Å². The molecule has 2 atom stereocenters. The topological polar surface area (TPSA) is 0 Å². The fourth-order valence-electron chi connectivity index (χ4n) is 0.985. The summed E-state index contributed by atoms with van der Waals surface area (Å²) in [6.45, 7) is 3.80. The highest BCUT2D eigenvalue weighted by atomic mass is 32.1. The van der Waals surface area contributed by atoms with Crippen LogP contribution in [0.2, 0.25) is 0 Å². The zero-order valence-corrected chi connectivity index (χ0v) is 7.64. The smallest absolute Gasteiger partial charge is 0.171 e. The van der Waals surface area contributed by atoms with Crippen molar-refractivity contribution >= 4 is 12.6 Å². The maximum absolute atomic E-state index is 13.3. The minimum absolute atomic E-state index is 0.794. The maximum atomic E-state index is 13.3. The summed E-state index contributed by atoms with van der Waals surface area (Å²) in [5.41, 5.74) is -2.63. The summed E-state index contributed by atoms with van der Waals surface area (Å²) >= 11 is 3.33. The quantitative estimate of drug-likeness (QED) is 0.460. The van der Waals surface area contributed by atoms with Gasteiger partial charge in [0.25, 0.3) is 0 Å². The zero-order chi connectivity index (χ0) is 10.4. The van der Waals surface area contributed by atoms with Gasteiger partial charge in [0, 0.05) is 0 Å². The third kappa shape index (κ3) is 1.39. The molecular formula is C8H7F4S. The van der Waals surface area contributed by atoms with Crippen LogP contribution in [0.1, 0.15) is 6.92 Å². The largest absolute Gasteiger partial charge is 0.236 e. The molecule has 2 unspecified atom stereocenters. The second-order valence-corrected chi connectivity index (χ2v) is 3.40. The Kier molecular flexibility index (Phi) is 2.49. The third-order valence-electron chi connectivity index (χ3n) is 2.02. The second-order valence-electron chi connectivity index (χ2n) is 2.95. The normalized spacial score (nSPS) is 35.8. The van der Waals surface area contributed by atoms with Crippen molar-refractivity contribution in [3.05, 3.63) is 29.3 Å². The molecule has 1 aliphatic carbocycles. The fraction of sp³-hybridized carbons (Fsp3) is 0.375. The lowest BCUT2D eigenvalue weighted by molar-refractivity contribution is 0.135. The molecule has 0 aliphatic heterocycles. The molecular weight excluding hydrogens is 204 g/mol. The second kappa shape index (κ2) is 3.04. The van der Waals surface area contributed by atoms with Crippen molar-refractivity contribution in [1.82, 2.24) is 0 Å². The molecule has 0 N–H and O–H groups in total. The van der Waals surface area contributed by atoms with Gasteiger partial charge < -0.3 is 0 Å². The van der Waals surface area contributed by atoms with Gasteiger partial charge in [0.15, 0.2) is 17.3 Å². The number of halogens is 4. The van der Waals surface area contributed by atoms with Crippen molar-refractivity contribution in [2.24, 2.45) is 5.92 Å². The van der Waals surface area contributed by atoms with Crippen LogP contribution in [0.5, 0.6) is 0 Å². The van der Waals surface area contributed by atoms with Crippen LogP contribution >= 0.6 is 12.6 Å². The van der Waals surface area contributed by atoms with Crippen LogP contribution in [0, 0.1) is 12.8 Å². The maximum Gasteiger partial charge on any atom is 0.171 e. The van der Waals surface area contributed by atoms with Gasteiger partial charge in [-0.25, -0.2) is 17.6 Å². The van der Waals surface area contributed by atoms with Crippen molar-refractivity contribution in [1.29, 1.82) is 0 Å². The van der Waals surface area contributed by atoms with Gasteiger partial charge in [-0.3, -0.25) is 0 Å². The number of alkyl halides is 1. The van der Waals surface area contributed by atoms with Crippen LogP contribution in [-0.4, -0.2) is 5.67 Å². The molecule has 1 aliphatic rings. The molecule has 0 saturated carbocycles. The molecule has 1 radical (unpaired) electrons. The Balaban J connectivity index is 3.32. The Morgan fingerprint density at radius 2 is 1.85 bits per heavy atom. The lowest BCUT2D eigenvalue weighted by Gasteiger charge is -2.29. The van der Waals surface area contributed by atoms with Crippen LogP contribution < -0.4 is 0 Å². The van der Waals surface area contributed by atoms with Gasteiger partial charge in [0.1, 0.15) is 5.83 Å². The highest BCUT2D eigenvalue weighted by molar-refractivity contribution is 7.84. The Morgan fingerprint density at radius 3 is 2.31 bits per heavy atom. The lowest BCUT2D eigenvalue weighted by Crippen LogP contribution is -2.33. The molecule has 0 heterocycles. The fourth-order valence-corrected chi connectivity index (χ4v) is 1.31. The molecule has 0 bridgehead atoms. The Labute approximate surface area is 78.7 Å². The van der Waals surface area contributed by atoms with E-state index in [0.717, 1.165) is 6.92 Å². The Hall–Kier alpha value is -0.450. The lowest BCUT2D eigenvalue weighted by atomic mass is 9.86. The van der Waals surface area contributed by atoms with E-state index in [1.54, 1.807) is 0 Å². The molecule has 0 aromatic rings. The van der Waals surface area contributed by atoms with Gasteiger partial charge in [-0.15, -0.1) is 12.6 Å². The Morgan fingerprint density at radius 1 is 1.38 bits per heavy atom. The van der Waals surface area contributed by atoms with Crippen molar-refractivity contribution in [2.45, 2.75) is 12.6 Å². The number of allylic oxidation sites excluding steroid dienone is 3. The number of thiol groups is 1. The standard InChI is InChI=1S/C8H7F4S/c1-3-4(9)5(10)6(13)7(11)8(3,2)12/h3,13H,1H2,2H3. The van der Waals surface area contributed by atoms with Gasteiger partial charge in [-0.05, 0) is 13.8 Å². The van der Waals surface area contributed by atoms with E-state index in [-0.39, 0.29) is 0 Å². The molecule has 13 heavy (non-hydrogen) atoms. The minimum atomic E-state index is -2.63. The number of rotatable bonds is 0. The number of hydrogen-bond donors (Lipinski definition) is 1. The molecule has 0 spiro atoms. The summed E-state index contributed by atoms with van der Waals surface area (Å²) in [6, 6.07) is 0. The summed E-state index contributed by atoms with van der Waals surface area (Å²) in [5.74, 6) is -6.01. The van der Waals surface area contributed by atoms with Gasteiger partial charge in [0.2, 0.25) is 0 Å². The monoisotopic (exact) mass is 211 g/mol. The van der Waals surface area contributed by atoms with Crippen LogP contribution in [0.25, 0.3) is 0 Å². The predicted octanol–water partition coefficient (Wildman–Crippen LogP) is 3.44. The summed E-state index contributed by atoms with van der Waals surface area (Å²) < 4.78 is 51.9. The Bertz CT molecular complexity index is 303. The molecule has 0 aromatic carbocycles. The molecule has 0 saturated heterocycles. The first-order valence-corrected chi connectivity index (χ1v) is 3.91. The van der Waals surface area contributed by atoms with Crippen LogP contribution in [0.4, 0.5) is 17.6 Å². The minimum Gasteiger partial charge on any atom is -0.236 e. The molecule has 73 valence electrons. The SMILES string of the molecule is [CH2]C1C(F)=C(F)C(S)=C(F)C1(C)F. The summed E-state index contributed by atoms with van der Waals surface area (Å²) in [6.07, 6.45) is 0. The van der Waals surface area contributed by atoms with Crippen molar-refractivity contribution in [2.75, 3.05) is 0 Å². The van der Waals surface area contributed by atoms with Gasteiger partial charge in [0.05, 0.1) is 10.8 Å². The summed E-state index contributed by atoms with van der Waals surface area (Å²) in [5, 5.41) is 0. The number of hydrogen-bond acceptors (Lipinski definition) is 1. The molecule has 0 fully saturated rings. The van der Waals surface area contributed by atoms with Crippen LogP contribution in [-0.2, 0) is 0 Å². The average Bonchev–Trinajstić information content (AvgIpc) is 2.09. The molecule has 0 nitrogen and oxygen atoms in total. The molecule has 1 rings (SSSR count). The molecule has 0 amide bonds. The summed E-state index contributed by atoms with van der Waals surface area (Å²) in [7, 11) is 0. The van der Waals surface area contributed by atoms with E-state index >= 15 is 0 Å². The molecule has 0 aromatic heterocycles.